The minimum Gasteiger partial charge on any atom is -0.468 e. The maximum atomic E-state index is 12.9. The highest BCUT2D eigenvalue weighted by molar-refractivity contribution is 7.10. The first-order valence-electron chi connectivity index (χ1n) is 8.70. The zero-order valence-corrected chi connectivity index (χ0v) is 18.3. The molecule has 0 radical (unpaired) electrons. The molecule has 6 nitrogen and oxygen atoms in total. The Labute approximate surface area is 186 Å². The average molecular weight is 463 g/mol. The molecule has 3 rings (SSSR count). The summed E-state index contributed by atoms with van der Waals surface area (Å²) in [5.74, 6) is -2.65. The zero-order valence-electron chi connectivity index (χ0n) is 15.9. The van der Waals surface area contributed by atoms with Gasteiger partial charge in [-0.3, -0.25) is 14.4 Å². The van der Waals surface area contributed by atoms with E-state index in [9.17, 15) is 14.4 Å². The van der Waals surface area contributed by atoms with Crippen molar-refractivity contribution in [2.45, 2.75) is 12.8 Å². The van der Waals surface area contributed by atoms with E-state index in [0.717, 1.165) is 5.69 Å². The summed E-state index contributed by atoms with van der Waals surface area (Å²) in [6.45, 7) is 1.78. The minimum absolute atomic E-state index is 0.294. The molecule has 0 saturated carbocycles. The van der Waals surface area contributed by atoms with Gasteiger partial charge in [0, 0.05) is 37.9 Å². The number of carbonyl (C=O) groups excluding carboxylic acids is 3. The van der Waals surface area contributed by atoms with Crippen molar-refractivity contribution in [3.05, 3.63) is 79.7 Å². The number of amides is 1. The Morgan fingerprint density at radius 3 is 2.20 bits per heavy atom. The second-order valence-corrected chi connectivity index (χ2v) is 8.10. The maximum Gasteiger partial charge on any atom is 0.323 e. The standard InChI is InChI=1S/C21H16Cl2N2O4S/c1-11-10-30-20(24-11)17(21(28)29-2)18(26)12-3-5-16(6-4-12)25-19(27)13-7-14(22)9-15(23)8-13/h3-10,17H,1-2H3,(H,25,27). The van der Waals surface area contributed by atoms with Crippen molar-refractivity contribution in [2.75, 3.05) is 12.4 Å². The molecule has 1 atom stereocenters. The molecule has 0 bridgehead atoms. The van der Waals surface area contributed by atoms with Crippen molar-refractivity contribution in [1.82, 2.24) is 4.98 Å². The average Bonchev–Trinajstić information content (AvgIpc) is 3.13. The number of hydrogen-bond acceptors (Lipinski definition) is 6. The molecule has 1 unspecified atom stereocenters. The van der Waals surface area contributed by atoms with Gasteiger partial charge in [0.1, 0.15) is 5.01 Å². The lowest BCUT2D eigenvalue weighted by molar-refractivity contribution is -0.141. The van der Waals surface area contributed by atoms with Crippen LogP contribution in [0.5, 0.6) is 0 Å². The summed E-state index contributed by atoms with van der Waals surface area (Å²) in [4.78, 5) is 41.8. The van der Waals surface area contributed by atoms with Crippen molar-refractivity contribution in [1.29, 1.82) is 0 Å². The largest absolute Gasteiger partial charge is 0.468 e. The van der Waals surface area contributed by atoms with Crippen LogP contribution < -0.4 is 5.32 Å². The van der Waals surface area contributed by atoms with Gasteiger partial charge < -0.3 is 10.1 Å². The van der Waals surface area contributed by atoms with Gasteiger partial charge in [0.2, 0.25) is 0 Å². The lowest BCUT2D eigenvalue weighted by Gasteiger charge is -2.12. The highest BCUT2D eigenvalue weighted by atomic mass is 35.5. The molecule has 1 amide bonds. The highest BCUT2D eigenvalue weighted by Crippen LogP contribution is 2.26. The van der Waals surface area contributed by atoms with Crippen LogP contribution in [0.3, 0.4) is 0 Å². The van der Waals surface area contributed by atoms with Crippen LogP contribution in [0.2, 0.25) is 10.0 Å². The van der Waals surface area contributed by atoms with E-state index in [1.165, 1.54) is 48.8 Å². The van der Waals surface area contributed by atoms with Crippen molar-refractivity contribution in [3.8, 4) is 0 Å². The van der Waals surface area contributed by atoms with Crippen LogP contribution in [-0.4, -0.2) is 29.8 Å². The second-order valence-electron chi connectivity index (χ2n) is 6.34. The number of hydrogen-bond donors (Lipinski definition) is 1. The van der Waals surface area contributed by atoms with Gasteiger partial charge in [-0.05, 0) is 49.4 Å². The predicted molar refractivity (Wildman–Crippen MR) is 117 cm³/mol. The van der Waals surface area contributed by atoms with E-state index >= 15 is 0 Å². The number of carbonyl (C=O) groups is 3. The molecule has 1 aromatic heterocycles. The highest BCUT2D eigenvalue weighted by Gasteiger charge is 2.33. The molecular formula is C21H16Cl2N2O4S. The van der Waals surface area contributed by atoms with Gasteiger partial charge in [0.05, 0.1) is 7.11 Å². The minimum atomic E-state index is -1.14. The number of methoxy groups -OCH3 is 1. The molecule has 0 spiro atoms. The van der Waals surface area contributed by atoms with Gasteiger partial charge in [-0.1, -0.05) is 23.2 Å². The van der Waals surface area contributed by atoms with Gasteiger partial charge in [-0.2, -0.15) is 0 Å². The quantitative estimate of drug-likeness (QED) is 0.311. The molecule has 1 heterocycles. The van der Waals surface area contributed by atoms with Crippen molar-refractivity contribution in [2.24, 2.45) is 0 Å². The fraction of sp³-hybridized carbons (Fsp3) is 0.143. The molecule has 154 valence electrons. The van der Waals surface area contributed by atoms with Gasteiger partial charge in [0.25, 0.3) is 5.91 Å². The third-order valence-corrected chi connectivity index (χ3v) is 5.60. The SMILES string of the molecule is COC(=O)C(C(=O)c1ccc(NC(=O)c2cc(Cl)cc(Cl)c2)cc1)c1nc(C)cs1. The topological polar surface area (TPSA) is 85.4 Å². The predicted octanol–water partition coefficient (Wildman–Crippen LogP) is 5.15. The summed E-state index contributed by atoms with van der Waals surface area (Å²) in [6, 6.07) is 10.7. The van der Waals surface area contributed by atoms with Gasteiger partial charge >= 0.3 is 5.97 Å². The lowest BCUT2D eigenvalue weighted by Crippen LogP contribution is -2.23. The van der Waals surface area contributed by atoms with Crippen LogP contribution in [-0.2, 0) is 9.53 Å². The van der Waals surface area contributed by atoms with Gasteiger partial charge in [-0.15, -0.1) is 11.3 Å². The summed E-state index contributed by atoms with van der Waals surface area (Å²) >= 11 is 13.1. The van der Waals surface area contributed by atoms with Crippen LogP contribution in [0.25, 0.3) is 0 Å². The van der Waals surface area contributed by atoms with E-state index in [0.29, 0.717) is 31.9 Å². The van der Waals surface area contributed by atoms with Crippen LogP contribution in [0.15, 0.2) is 47.8 Å². The third-order valence-electron chi connectivity index (χ3n) is 4.13. The zero-order chi connectivity index (χ0) is 21.8. The first kappa shape index (κ1) is 22.0. The van der Waals surface area contributed by atoms with Crippen molar-refractivity contribution >= 4 is 57.9 Å². The van der Waals surface area contributed by atoms with Gasteiger partial charge in [-0.25, -0.2) is 4.98 Å². The maximum absolute atomic E-state index is 12.9. The first-order valence-corrected chi connectivity index (χ1v) is 10.3. The number of aryl methyl sites for hydroxylation is 1. The molecule has 0 aliphatic heterocycles. The molecule has 9 heteroatoms. The van der Waals surface area contributed by atoms with Crippen molar-refractivity contribution < 1.29 is 19.1 Å². The van der Waals surface area contributed by atoms with E-state index in [4.69, 9.17) is 27.9 Å². The van der Waals surface area contributed by atoms with Crippen LogP contribution in [0.4, 0.5) is 5.69 Å². The summed E-state index contributed by atoms with van der Waals surface area (Å²) < 4.78 is 4.79. The van der Waals surface area contributed by atoms with E-state index < -0.39 is 23.6 Å². The normalized spacial score (nSPS) is 11.6. The lowest BCUT2D eigenvalue weighted by atomic mass is 9.98. The Morgan fingerprint density at radius 2 is 1.67 bits per heavy atom. The molecule has 0 aliphatic carbocycles. The number of aromatic nitrogens is 1. The molecule has 30 heavy (non-hydrogen) atoms. The van der Waals surface area contributed by atoms with Crippen LogP contribution >= 0.6 is 34.5 Å². The fourth-order valence-corrected chi connectivity index (χ4v) is 4.12. The number of thiazole rings is 1. The number of nitrogens with zero attached hydrogens (tertiary/aromatic N) is 1. The van der Waals surface area contributed by atoms with Crippen LogP contribution in [0.1, 0.15) is 37.3 Å². The monoisotopic (exact) mass is 462 g/mol. The Kier molecular flexibility index (Phi) is 6.87. The van der Waals surface area contributed by atoms with E-state index in [1.807, 2.05) is 0 Å². The molecule has 0 aliphatic rings. The van der Waals surface area contributed by atoms with E-state index in [-0.39, 0.29) is 0 Å². The number of Topliss-reactive ketones (excluding diaryl/α,β-unsaturated/α-hetero) is 1. The molecule has 0 saturated heterocycles. The number of anilines is 1. The summed E-state index contributed by atoms with van der Waals surface area (Å²) in [5.41, 5.74) is 1.78. The number of benzene rings is 2. The number of halogens is 2. The Bertz CT molecular complexity index is 1090. The third kappa shape index (κ3) is 5.05. The first-order chi connectivity index (χ1) is 14.3. The fourth-order valence-electron chi connectivity index (χ4n) is 2.72. The number of esters is 1. The van der Waals surface area contributed by atoms with E-state index in [2.05, 4.69) is 10.3 Å². The van der Waals surface area contributed by atoms with Gasteiger partial charge in [0.15, 0.2) is 11.7 Å². The molecule has 0 fully saturated rings. The molecule has 2 aromatic carbocycles. The summed E-state index contributed by atoms with van der Waals surface area (Å²) in [6.07, 6.45) is 0. The second kappa shape index (κ2) is 9.38. The number of ketones is 1. The van der Waals surface area contributed by atoms with Crippen molar-refractivity contribution in [3.63, 3.8) is 0 Å². The number of rotatable bonds is 6. The Balaban J connectivity index is 1.79. The number of ether oxygens (including phenoxy) is 1. The van der Waals surface area contributed by atoms with Crippen LogP contribution in [0, 0.1) is 6.92 Å². The smallest absolute Gasteiger partial charge is 0.323 e. The van der Waals surface area contributed by atoms with E-state index in [1.54, 1.807) is 24.4 Å². The Hall–Kier alpha value is -2.74. The Morgan fingerprint density at radius 1 is 1.03 bits per heavy atom. The molecule has 1 N–H and O–H groups in total. The summed E-state index contributed by atoms with van der Waals surface area (Å²) in [5, 5.41) is 5.54. The molecule has 3 aromatic rings. The molecular weight excluding hydrogens is 447 g/mol. The number of nitrogens with one attached hydrogen (secondary N) is 1. The summed E-state index contributed by atoms with van der Waals surface area (Å²) in [7, 11) is 1.23.